The Kier molecular flexibility index (Phi) is 5.23. The summed E-state index contributed by atoms with van der Waals surface area (Å²) in [5, 5.41) is 18.1. The molecule has 4 heteroatoms. The van der Waals surface area contributed by atoms with Crippen LogP contribution in [0.1, 0.15) is 5.56 Å². The van der Waals surface area contributed by atoms with Crippen molar-refractivity contribution in [3.05, 3.63) is 42.5 Å². The van der Waals surface area contributed by atoms with Gasteiger partial charge in [0, 0.05) is 13.1 Å². The molecule has 1 amide bonds. The van der Waals surface area contributed by atoms with Crippen LogP contribution in [0.5, 0.6) is 5.75 Å². The zero-order valence-corrected chi connectivity index (χ0v) is 9.67. The molecular formula is C13H17NO3. The van der Waals surface area contributed by atoms with E-state index in [9.17, 15) is 9.90 Å². The van der Waals surface area contributed by atoms with E-state index in [2.05, 4.69) is 6.58 Å². The smallest absolute Gasteiger partial charge is 0.227 e. The van der Waals surface area contributed by atoms with Crippen LogP contribution < -0.4 is 0 Å². The molecule has 0 saturated heterocycles. The number of hydrogen-bond acceptors (Lipinski definition) is 3. The van der Waals surface area contributed by atoms with E-state index in [-0.39, 0.29) is 24.7 Å². The van der Waals surface area contributed by atoms with Crippen LogP contribution >= 0.6 is 0 Å². The summed E-state index contributed by atoms with van der Waals surface area (Å²) < 4.78 is 0. The first-order valence-electron chi connectivity index (χ1n) is 5.44. The fourth-order valence-electron chi connectivity index (χ4n) is 1.55. The molecule has 0 saturated carbocycles. The summed E-state index contributed by atoms with van der Waals surface area (Å²) in [5.41, 5.74) is 0.752. The van der Waals surface area contributed by atoms with Crippen molar-refractivity contribution in [2.75, 3.05) is 19.7 Å². The minimum absolute atomic E-state index is 0.0698. The number of rotatable bonds is 6. The van der Waals surface area contributed by atoms with Crippen molar-refractivity contribution < 1.29 is 15.0 Å². The van der Waals surface area contributed by atoms with E-state index in [0.29, 0.717) is 13.1 Å². The summed E-state index contributed by atoms with van der Waals surface area (Å²) in [7, 11) is 0. The molecule has 0 aliphatic rings. The molecule has 92 valence electrons. The van der Waals surface area contributed by atoms with Gasteiger partial charge in [-0.2, -0.15) is 0 Å². The van der Waals surface area contributed by atoms with Crippen LogP contribution in [0.15, 0.2) is 36.9 Å². The van der Waals surface area contributed by atoms with Crippen LogP contribution in [-0.4, -0.2) is 40.7 Å². The van der Waals surface area contributed by atoms with Crippen molar-refractivity contribution in [1.82, 2.24) is 4.90 Å². The lowest BCUT2D eigenvalue weighted by atomic mass is 10.1. The molecule has 4 nitrogen and oxygen atoms in total. The fraction of sp³-hybridized carbons (Fsp3) is 0.308. The average molecular weight is 235 g/mol. The molecule has 0 aromatic heterocycles. The number of phenolic OH excluding ortho intramolecular Hbond substituents is 1. The van der Waals surface area contributed by atoms with E-state index in [4.69, 9.17) is 5.11 Å². The third-order valence-corrected chi connectivity index (χ3v) is 2.34. The maximum Gasteiger partial charge on any atom is 0.227 e. The van der Waals surface area contributed by atoms with E-state index in [1.807, 2.05) is 0 Å². The molecule has 1 aromatic rings. The Morgan fingerprint density at radius 1 is 1.47 bits per heavy atom. The van der Waals surface area contributed by atoms with Crippen molar-refractivity contribution in [1.29, 1.82) is 0 Å². The maximum atomic E-state index is 11.9. The third-order valence-electron chi connectivity index (χ3n) is 2.34. The number of carbonyl (C=O) groups is 1. The molecule has 0 heterocycles. The van der Waals surface area contributed by atoms with Gasteiger partial charge in [-0.1, -0.05) is 18.2 Å². The molecule has 0 unspecified atom stereocenters. The second-order valence-corrected chi connectivity index (χ2v) is 3.70. The summed E-state index contributed by atoms with van der Waals surface area (Å²) in [6.07, 6.45) is 1.83. The molecule has 17 heavy (non-hydrogen) atoms. The van der Waals surface area contributed by atoms with Gasteiger partial charge in [-0.25, -0.2) is 0 Å². The molecule has 0 aliphatic heterocycles. The van der Waals surface area contributed by atoms with Gasteiger partial charge in [-0.05, 0) is 17.7 Å². The predicted molar refractivity (Wildman–Crippen MR) is 65.7 cm³/mol. The van der Waals surface area contributed by atoms with Gasteiger partial charge in [0.1, 0.15) is 5.75 Å². The average Bonchev–Trinajstić information content (AvgIpc) is 2.28. The summed E-state index contributed by atoms with van der Waals surface area (Å²) in [6.45, 7) is 4.21. The summed E-state index contributed by atoms with van der Waals surface area (Å²) in [6, 6.07) is 6.59. The topological polar surface area (TPSA) is 60.8 Å². The van der Waals surface area contributed by atoms with Crippen molar-refractivity contribution >= 4 is 5.91 Å². The highest BCUT2D eigenvalue weighted by Gasteiger charge is 2.12. The van der Waals surface area contributed by atoms with Crippen LogP contribution in [-0.2, 0) is 11.2 Å². The van der Waals surface area contributed by atoms with E-state index in [1.165, 1.54) is 4.90 Å². The Labute approximate surface area is 101 Å². The van der Waals surface area contributed by atoms with Gasteiger partial charge in [-0.3, -0.25) is 4.79 Å². The Bertz CT molecular complexity index is 390. The van der Waals surface area contributed by atoms with Crippen LogP contribution in [0.4, 0.5) is 0 Å². The highest BCUT2D eigenvalue weighted by molar-refractivity contribution is 5.79. The van der Waals surface area contributed by atoms with Gasteiger partial charge >= 0.3 is 0 Å². The summed E-state index contributed by atoms with van der Waals surface area (Å²) in [5.74, 6) is 0.0530. The molecular weight excluding hydrogens is 218 g/mol. The number of hydrogen-bond donors (Lipinski definition) is 2. The number of benzene rings is 1. The van der Waals surface area contributed by atoms with Gasteiger partial charge in [0.05, 0.1) is 13.0 Å². The maximum absolute atomic E-state index is 11.9. The normalized spacial score (nSPS) is 9.94. The van der Waals surface area contributed by atoms with Crippen LogP contribution in [0.25, 0.3) is 0 Å². The lowest BCUT2D eigenvalue weighted by Crippen LogP contribution is -2.34. The largest absolute Gasteiger partial charge is 0.508 e. The van der Waals surface area contributed by atoms with Crippen LogP contribution in [0.3, 0.4) is 0 Å². The third kappa shape index (κ3) is 4.28. The molecule has 1 rings (SSSR count). The Hall–Kier alpha value is -1.81. The number of amides is 1. The highest BCUT2D eigenvalue weighted by Crippen LogP contribution is 2.12. The Morgan fingerprint density at radius 2 is 2.24 bits per heavy atom. The molecule has 0 fully saturated rings. The molecule has 0 aliphatic carbocycles. The molecule has 1 aromatic carbocycles. The number of aliphatic hydroxyl groups is 1. The minimum atomic E-state index is -0.0930. The van der Waals surface area contributed by atoms with Gasteiger partial charge in [0.25, 0.3) is 0 Å². The van der Waals surface area contributed by atoms with Crippen molar-refractivity contribution in [2.45, 2.75) is 6.42 Å². The lowest BCUT2D eigenvalue weighted by Gasteiger charge is -2.19. The lowest BCUT2D eigenvalue weighted by molar-refractivity contribution is -0.130. The Balaban J connectivity index is 2.65. The van der Waals surface area contributed by atoms with Gasteiger partial charge in [0.2, 0.25) is 5.91 Å². The fourth-order valence-corrected chi connectivity index (χ4v) is 1.55. The van der Waals surface area contributed by atoms with Gasteiger partial charge in [-0.15, -0.1) is 6.58 Å². The molecule has 0 bridgehead atoms. The standard InChI is InChI=1S/C13H17NO3/c1-2-6-14(7-8-15)13(17)10-11-4-3-5-12(16)9-11/h2-5,9,15-16H,1,6-8,10H2. The van der Waals surface area contributed by atoms with Crippen molar-refractivity contribution in [3.63, 3.8) is 0 Å². The van der Waals surface area contributed by atoms with Crippen LogP contribution in [0, 0.1) is 0 Å². The SMILES string of the molecule is C=CCN(CCO)C(=O)Cc1cccc(O)c1. The predicted octanol–water partition coefficient (Wildman–Crippen LogP) is 0.942. The van der Waals surface area contributed by atoms with Gasteiger partial charge in [0.15, 0.2) is 0 Å². The monoisotopic (exact) mass is 235 g/mol. The molecule has 0 radical (unpaired) electrons. The summed E-state index contributed by atoms with van der Waals surface area (Å²) in [4.78, 5) is 13.4. The first-order chi connectivity index (χ1) is 8.17. The van der Waals surface area contributed by atoms with E-state index in [1.54, 1.807) is 30.3 Å². The van der Waals surface area contributed by atoms with Crippen molar-refractivity contribution in [3.8, 4) is 5.75 Å². The highest BCUT2D eigenvalue weighted by atomic mass is 16.3. The second-order valence-electron chi connectivity index (χ2n) is 3.70. The minimum Gasteiger partial charge on any atom is -0.508 e. The summed E-state index contributed by atoms with van der Waals surface area (Å²) >= 11 is 0. The first-order valence-corrected chi connectivity index (χ1v) is 5.44. The zero-order valence-electron chi connectivity index (χ0n) is 9.67. The van der Waals surface area contributed by atoms with E-state index < -0.39 is 0 Å². The van der Waals surface area contributed by atoms with Gasteiger partial charge < -0.3 is 15.1 Å². The molecule has 2 N–H and O–H groups in total. The second kappa shape index (κ2) is 6.70. The number of phenols is 1. The Morgan fingerprint density at radius 3 is 2.82 bits per heavy atom. The zero-order chi connectivity index (χ0) is 12.7. The molecule has 0 atom stereocenters. The first kappa shape index (κ1) is 13.3. The molecule has 0 spiro atoms. The van der Waals surface area contributed by atoms with E-state index >= 15 is 0 Å². The van der Waals surface area contributed by atoms with E-state index in [0.717, 1.165) is 5.56 Å². The quantitative estimate of drug-likeness (QED) is 0.721. The van der Waals surface area contributed by atoms with Crippen molar-refractivity contribution in [2.24, 2.45) is 0 Å². The number of aromatic hydroxyl groups is 1. The number of nitrogens with zero attached hydrogens (tertiary/aromatic N) is 1. The van der Waals surface area contributed by atoms with Crippen LogP contribution in [0.2, 0.25) is 0 Å². The number of carbonyl (C=O) groups excluding carboxylic acids is 1. The number of aliphatic hydroxyl groups excluding tert-OH is 1.